The number of benzene rings is 1. The van der Waals surface area contributed by atoms with Crippen molar-refractivity contribution in [3.8, 4) is 5.69 Å². The third-order valence-electron chi connectivity index (χ3n) is 3.15. The van der Waals surface area contributed by atoms with Gasteiger partial charge >= 0.3 is 6.03 Å². The number of anilines is 1. The molecule has 0 aliphatic heterocycles. The SMILES string of the molecule is Cc1cc(NC(=O)N(C)CC(C)(C)O)nn1-c1cccc(F)c1. The Bertz CT molecular complexity index is 706. The molecule has 1 heterocycles. The number of nitrogens with zero attached hydrogens (tertiary/aromatic N) is 3. The number of rotatable bonds is 4. The number of carbonyl (C=O) groups is 1. The van der Waals surface area contributed by atoms with E-state index < -0.39 is 5.60 Å². The highest BCUT2D eigenvalue weighted by atomic mass is 19.1. The zero-order valence-electron chi connectivity index (χ0n) is 13.7. The zero-order valence-corrected chi connectivity index (χ0v) is 13.7. The topological polar surface area (TPSA) is 70.4 Å². The standard InChI is InChI=1S/C16H21FN4O2/c1-11-8-14(18-15(22)20(4)10-16(2,3)23)19-21(11)13-7-5-6-12(17)9-13/h5-9,23H,10H2,1-4H3,(H,18,19,22). The van der Waals surface area contributed by atoms with E-state index >= 15 is 0 Å². The molecule has 2 rings (SSSR count). The van der Waals surface area contributed by atoms with E-state index in [1.165, 1.54) is 17.0 Å². The second kappa shape index (κ2) is 6.37. The van der Waals surface area contributed by atoms with E-state index in [4.69, 9.17) is 0 Å². The third-order valence-corrected chi connectivity index (χ3v) is 3.15. The Morgan fingerprint density at radius 2 is 2.13 bits per heavy atom. The highest BCUT2D eigenvalue weighted by molar-refractivity contribution is 5.88. The van der Waals surface area contributed by atoms with Crippen LogP contribution in [0.1, 0.15) is 19.5 Å². The van der Waals surface area contributed by atoms with Crippen LogP contribution >= 0.6 is 0 Å². The minimum absolute atomic E-state index is 0.183. The van der Waals surface area contributed by atoms with Crippen LogP contribution in [-0.2, 0) is 0 Å². The molecule has 2 amide bonds. The molecule has 7 heteroatoms. The summed E-state index contributed by atoms with van der Waals surface area (Å²) in [5, 5.41) is 16.7. The predicted octanol–water partition coefficient (Wildman–Crippen LogP) is 2.55. The number of aromatic nitrogens is 2. The monoisotopic (exact) mass is 320 g/mol. The first-order valence-electron chi connectivity index (χ1n) is 7.23. The summed E-state index contributed by atoms with van der Waals surface area (Å²) in [6.07, 6.45) is 0. The third kappa shape index (κ3) is 4.53. The number of likely N-dealkylation sites (N-methyl/N-ethyl adjacent to an activating group) is 1. The number of hydrogen-bond acceptors (Lipinski definition) is 3. The molecule has 0 saturated carbocycles. The molecular weight excluding hydrogens is 299 g/mol. The van der Waals surface area contributed by atoms with E-state index in [1.54, 1.807) is 43.8 Å². The lowest BCUT2D eigenvalue weighted by molar-refractivity contribution is 0.0550. The minimum atomic E-state index is -0.983. The average molecular weight is 320 g/mol. The van der Waals surface area contributed by atoms with Gasteiger partial charge in [-0.2, -0.15) is 0 Å². The van der Waals surface area contributed by atoms with E-state index in [0.29, 0.717) is 11.5 Å². The number of aryl methyl sites for hydroxylation is 1. The maximum Gasteiger partial charge on any atom is 0.322 e. The van der Waals surface area contributed by atoms with Gasteiger partial charge in [-0.25, -0.2) is 13.9 Å². The van der Waals surface area contributed by atoms with Crippen LogP contribution in [0, 0.1) is 12.7 Å². The van der Waals surface area contributed by atoms with Gasteiger partial charge in [0.1, 0.15) is 5.82 Å². The zero-order chi connectivity index (χ0) is 17.2. The van der Waals surface area contributed by atoms with Crippen LogP contribution in [0.5, 0.6) is 0 Å². The van der Waals surface area contributed by atoms with Crippen LogP contribution < -0.4 is 5.32 Å². The quantitative estimate of drug-likeness (QED) is 0.909. The highest BCUT2D eigenvalue weighted by Crippen LogP contribution is 2.16. The van der Waals surface area contributed by atoms with Crippen LogP contribution in [0.15, 0.2) is 30.3 Å². The Morgan fingerprint density at radius 3 is 2.74 bits per heavy atom. The van der Waals surface area contributed by atoms with Gasteiger partial charge in [-0.1, -0.05) is 6.07 Å². The van der Waals surface area contributed by atoms with Gasteiger partial charge in [0.2, 0.25) is 0 Å². The molecule has 0 atom stereocenters. The van der Waals surface area contributed by atoms with Crippen molar-refractivity contribution >= 4 is 11.8 Å². The number of carbonyl (C=O) groups excluding carboxylic acids is 1. The van der Waals surface area contributed by atoms with Gasteiger partial charge < -0.3 is 10.0 Å². The van der Waals surface area contributed by atoms with Crippen molar-refractivity contribution in [1.82, 2.24) is 14.7 Å². The first-order valence-corrected chi connectivity index (χ1v) is 7.23. The van der Waals surface area contributed by atoms with Crippen LogP contribution in [0.4, 0.5) is 15.0 Å². The molecule has 2 aromatic rings. The Balaban J connectivity index is 2.14. The summed E-state index contributed by atoms with van der Waals surface area (Å²) >= 11 is 0. The summed E-state index contributed by atoms with van der Waals surface area (Å²) in [6.45, 7) is 5.25. The lowest BCUT2D eigenvalue weighted by Gasteiger charge is -2.25. The number of amides is 2. The van der Waals surface area contributed by atoms with Crippen LogP contribution in [0.2, 0.25) is 0 Å². The first kappa shape index (κ1) is 17.0. The molecule has 0 bridgehead atoms. The molecule has 0 radical (unpaired) electrons. The predicted molar refractivity (Wildman–Crippen MR) is 86.2 cm³/mol. The van der Waals surface area contributed by atoms with E-state index in [1.807, 2.05) is 6.92 Å². The van der Waals surface area contributed by atoms with Crippen LogP contribution in [0.3, 0.4) is 0 Å². The van der Waals surface area contributed by atoms with Gasteiger partial charge in [0, 0.05) is 18.8 Å². The molecule has 0 aliphatic rings. The van der Waals surface area contributed by atoms with Crippen molar-refractivity contribution in [2.45, 2.75) is 26.4 Å². The fraction of sp³-hybridized carbons (Fsp3) is 0.375. The molecule has 0 spiro atoms. The van der Waals surface area contributed by atoms with Gasteiger partial charge in [0.25, 0.3) is 0 Å². The number of hydrogen-bond donors (Lipinski definition) is 2. The molecule has 2 N–H and O–H groups in total. The van der Waals surface area contributed by atoms with Crippen molar-refractivity contribution in [3.05, 3.63) is 41.8 Å². The van der Waals surface area contributed by atoms with Crippen LogP contribution in [0.25, 0.3) is 5.69 Å². The van der Waals surface area contributed by atoms with Gasteiger partial charge in [-0.15, -0.1) is 5.10 Å². The molecule has 23 heavy (non-hydrogen) atoms. The summed E-state index contributed by atoms with van der Waals surface area (Å²) in [7, 11) is 1.59. The first-order chi connectivity index (χ1) is 10.7. The fourth-order valence-corrected chi connectivity index (χ4v) is 2.26. The molecule has 6 nitrogen and oxygen atoms in total. The normalized spacial score (nSPS) is 11.4. The molecule has 124 valence electrons. The van der Waals surface area contributed by atoms with Crippen LogP contribution in [-0.4, -0.2) is 45.0 Å². The summed E-state index contributed by atoms with van der Waals surface area (Å²) in [5.74, 6) is 0.00672. The largest absolute Gasteiger partial charge is 0.389 e. The minimum Gasteiger partial charge on any atom is -0.389 e. The summed E-state index contributed by atoms with van der Waals surface area (Å²) in [5.41, 5.74) is 0.354. The van der Waals surface area contributed by atoms with Gasteiger partial charge in [0.05, 0.1) is 17.8 Å². The van der Waals surface area contributed by atoms with Crippen molar-refractivity contribution in [2.24, 2.45) is 0 Å². The Labute approximate surface area is 134 Å². The van der Waals surface area contributed by atoms with Gasteiger partial charge in [-0.3, -0.25) is 5.32 Å². The molecule has 0 aliphatic carbocycles. The van der Waals surface area contributed by atoms with Crippen molar-refractivity contribution in [2.75, 3.05) is 18.9 Å². The molecule has 1 aromatic carbocycles. The number of aliphatic hydroxyl groups is 1. The smallest absolute Gasteiger partial charge is 0.322 e. The molecule has 0 unspecified atom stereocenters. The summed E-state index contributed by atoms with van der Waals surface area (Å²) in [6, 6.07) is 7.37. The number of nitrogens with one attached hydrogen (secondary N) is 1. The highest BCUT2D eigenvalue weighted by Gasteiger charge is 2.20. The summed E-state index contributed by atoms with van der Waals surface area (Å²) in [4.78, 5) is 13.5. The number of urea groups is 1. The lowest BCUT2D eigenvalue weighted by atomic mass is 10.1. The molecule has 0 fully saturated rings. The molecular formula is C16H21FN4O2. The Morgan fingerprint density at radius 1 is 1.43 bits per heavy atom. The van der Waals surface area contributed by atoms with Gasteiger partial charge in [0.15, 0.2) is 5.82 Å². The Kier molecular flexibility index (Phi) is 4.70. The second-order valence-corrected chi connectivity index (χ2v) is 6.16. The van der Waals surface area contributed by atoms with E-state index in [0.717, 1.165) is 5.69 Å². The summed E-state index contributed by atoms with van der Waals surface area (Å²) < 4.78 is 14.9. The van der Waals surface area contributed by atoms with E-state index in [9.17, 15) is 14.3 Å². The molecule has 1 aromatic heterocycles. The Hall–Kier alpha value is -2.41. The van der Waals surface area contributed by atoms with E-state index in [2.05, 4.69) is 10.4 Å². The maximum absolute atomic E-state index is 13.3. The van der Waals surface area contributed by atoms with Crippen molar-refractivity contribution in [3.63, 3.8) is 0 Å². The lowest BCUT2D eigenvalue weighted by Crippen LogP contribution is -2.41. The number of halogens is 1. The average Bonchev–Trinajstić information content (AvgIpc) is 2.77. The van der Waals surface area contributed by atoms with Crippen molar-refractivity contribution in [1.29, 1.82) is 0 Å². The second-order valence-electron chi connectivity index (χ2n) is 6.16. The maximum atomic E-state index is 13.3. The van der Waals surface area contributed by atoms with E-state index in [-0.39, 0.29) is 18.4 Å². The van der Waals surface area contributed by atoms with Crippen molar-refractivity contribution < 1.29 is 14.3 Å². The molecule has 0 saturated heterocycles. The fourth-order valence-electron chi connectivity index (χ4n) is 2.26. The van der Waals surface area contributed by atoms with Gasteiger partial charge in [-0.05, 0) is 39.0 Å².